The van der Waals surface area contributed by atoms with Gasteiger partial charge in [0.25, 0.3) is 0 Å². The Morgan fingerprint density at radius 2 is 0.615 bits per heavy atom. The number of hydrogen-bond donors (Lipinski definition) is 0. The van der Waals surface area contributed by atoms with Crippen molar-refractivity contribution in [2.24, 2.45) is 0 Å². The van der Waals surface area contributed by atoms with Gasteiger partial charge in [-0.3, -0.25) is 0 Å². The van der Waals surface area contributed by atoms with Gasteiger partial charge in [0.05, 0.1) is 5.69 Å². The number of anilines is 6. The van der Waals surface area contributed by atoms with Crippen LogP contribution in [0.4, 0.5) is 34.1 Å². The van der Waals surface area contributed by atoms with Crippen molar-refractivity contribution < 1.29 is 0 Å². The predicted octanol–water partition coefficient (Wildman–Crippen LogP) is 14.3. The van der Waals surface area contributed by atoms with Crippen LogP contribution in [0.1, 0.15) is 0 Å². The molecule has 0 aliphatic heterocycles. The smallest absolute Gasteiger partial charge is 0.0540 e. The molecule has 0 saturated heterocycles. The molecular weight excluding hydrogens is 629 g/mol. The first-order valence-corrected chi connectivity index (χ1v) is 17.8. The molecule has 0 heterocycles. The minimum absolute atomic E-state index is 1.10. The van der Waals surface area contributed by atoms with Crippen LogP contribution >= 0.6 is 0 Å². The van der Waals surface area contributed by atoms with Gasteiger partial charge in [0.15, 0.2) is 0 Å². The Bertz CT molecular complexity index is 2550. The molecule has 0 unspecified atom stereocenters. The maximum absolute atomic E-state index is 2.35. The lowest BCUT2D eigenvalue weighted by molar-refractivity contribution is 1.28. The second-order valence-corrected chi connectivity index (χ2v) is 13.0. The summed E-state index contributed by atoms with van der Waals surface area (Å²) >= 11 is 0. The molecular formula is C50H36N2. The highest BCUT2D eigenvalue weighted by atomic mass is 15.1. The summed E-state index contributed by atoms with van der Waals surface area (Å²) in [6.07, 6.45) is 0. The number of rotatable bonds is 8. The van der Waals surface area contributed by atoms with E-state index in [9.17, 15) is 0 Å². The zero-order chi connectivity index (χ0) is 34.7. The van der Waals surface area contributed by atoms with E-state index in [-0.39, 0.29) is 0 Å². The summed E-state index contributed by atoms with van der Waals surface area (Å²) in [6, 6.07) is 78.2. The Balaban J connectivity index is 1.09. The first-order valence-electron chi connectivity index (χ1n) is 17.8. The molecule has 9 aromatic carbocycles. The predicted molar refractivity (Wildman–Crippen MR) is 222 cm³/mol. The van der Waals surface area contributed by atoms with Gasteiger partial charge in [-0.05, 0) is 105 Å². The van der Waals surface area contributed by atoms with E-state index in [1.165, 1.54) is 43.8 Å². The molecule has 9 aromatic rings. The van der Waals surface area contributed by atoms with E-state index < -0.39 is 0 Å². The highest BCUT2D eigenvalue weighted by molar-refractivity contribution is 6.06. The van der Waals surface area contributed by atoms with Crippen LogP contribution in [0.15, 0.2) is 218 Å². The molecule has 0 radical (unpaired) electrons. The van der Waals surface area contributed by atoms with E-state index in [4.69, 9.17) is 0 Å². The summed E-state index contributed by atoms with van der Waals surface area (Å²) in [7, 11) is 0. The number of nitrogens with zero attached hydrogens (tertiary/aromatic N) is 2. The summed E-state index contributed by atoms with van der Waals surface area (Å²) in [6.45, 7) is 0. The van der Waals surface area contributed by atoms with Gasteiger partial charge < -0.3 is 9.80 Å². The maximum atomic E-state index is 2.35. The standard InChI is InChI=1S/C50H36N2/c1-4-17-40(18-5-1)51(43-33-29-38(30-34-43)46-24-12-16-37-15-10-11-23-45(37)46)44-35-31-39(32-36-44)47-25-13-27-49-48(47)26-14-28-50(49)52(41-19-6-2-7-20-41)42-21-8-3-9-22-42/h1-36H. The molecule has 0 N–H and O–H groups in total. The number of benzene rings is 9. The first-order chi connectivity index (χ1) is 25.8. The molecule has 0 fully saturated rings. The fourth-order valence-electron chi connectivity index (χ4n) is 7.40. The molecule has 246 valence electrons. The highest BCUT2D eigenvalue weighted by Gasteiger charge is 2.17. The van der Waals surface area contributed by atoms with Crippen molar-refractivity contribution in [3.63, 3.8) is 0 Å². The third-order valence-electron chi connectivity index (χ3n) is 9.85. The fourth-order valence-corrected chi connectivity index (χ4v) is 7.40. The van der Waals surface area contributed by atoms with Crippen molar-refractivity contribution in [2.75, 3.05) is 9.80 Å². The van der Waals surface area contributed by atoms with Gasteiger partial charge in [-0.1, -0.05) is 152 Å². The molecule has 0 aromatic heterocycles. The fraction of sp³-hybridized carbons (Fsp3) is 0. The summed E-state index contributed by atoms with van der Waals surface area (Å²) in [4.78, 5) is 4.67. The first kappa shape index (κ1) is 31.1. The zero-order valence-electron chi connectivity index (χ0n) is 28.7. The molecule has 0 atom stereocenters. The molecule has 9 rings (SSSR count). The van der Waals surface area contributed by atoms with Crippen LogP contribution in [0.3, 0.4) is 0 Å². The highest BCUT2D eigenvalue weighted by Crippen LogP contribution is 2.42. The van der Waals surface area contributed by atoms with Crippen molar-refractivity contribution in [1.29, 1.82) is 0 Å². The van der Waals surface area contributed by atoms with Gasteiger partial charge >= 0.3 is 0 Å². The van der Waals surface area contributed by atoms with Crippen LogP contribution in [0, 0.1) is 0 Å². The Labute approximate surface area is 305 Å². The lowest BCUT2D eigenvalue weighted by Crippen LogP contribution is -2.10. The molecule has 2 nitrogen and oxygen atoms in total. The van der Waals surface area contributed by atoms with Crippen molar-refractivity contribution >= 4 is 55.7 Å². The minimum Gasteiger partial charge on any atom is -0.311 e. The van der Waals surface area contributed by atoms with E-state index in [1.54, 1.807) is 0 Å². The van der Waals surface area contributed by atoms with Gasteiger partial charge in [-0.15, -0.1) is 0 Å². The van der Waals surface area contributed by atoms with E-state index in [0.717, 1.165) is 34.1 Å². The van der Waals surface area contributed by atoms with E-state index in [0.29, 0.717) is 0 Å². The normalized spacial score (nSPS) is 11.1. The zero-order valence-corrected chi connectivity index (χ0v) is 28.7. The molecule has 0 spiro atoms. The lowest BCUT2D eigenvalue weighted by atomic mass is 9.96. The van der Waals surface area contributed by atoms with Crippen LogP contribution in [0.5, 0.6) is 0 Å². The third kappa shape index (κ3) is 5.87. The maximum Gasteiger partial charge on any atom is 0.0540 e. The third-order valence-corrected chi connectivity index (χ3v) is 9.85. The molecule has 0 amide bonds. The molecule has 0 aliphatic carbocycles. The van der Waals surface area contributed by atoms with Crippen LogP contribution < -0.4 is 9.80 Å². The molecule has 2 heteroatoms. The SMILES string of the molecule is c1ccc(N(c2ccc(-c3cccc4ccccc34)cc2)c2ccc(-c3cccc4c(N(c5ccccc5)c5ccccc5)cccc34)cc2)cc1. The van der Waals surface area contributed by atoms with E-state index in [2.05, 4.69) is 228 Å². The van der Waals surface area contributed by atoms with Crippen LogP contribution in [0.25, 0.3) is 43.8 Å². The number of fused-ring (bicyclic) bond motifs is 2. The molecule has 0 saturated carbocycles. The quantitative estimate of drug-likeness (QED) is 0.159. The van der Waals surface area contributed by atoms with Crippen molar-refractivity contribution in [3.8, 4) is 22.3 Å². The Morgan fingerprint density at radius 1 is 0.231 bits per heavy atom. The summed E-state index contributed by atoms with van der Waals surface area (Å²) < 4.78 is 0. The topological polar surface area (TPSA) is 6.48 Å². The van der Waals surface area contributed by atoms with Crippen LogP contribution in [-0.2, 0) is 0 Å². The van der Waals surface area contributed by atoms with Gasteiger partial charge in [0.2, 0.25) is 0 Å². The molecule has 52 heavy (non-hydrogen) atoms. The Morgan fingerprint density at radius 3 is 1.19 bits per heavy atom. The van der Waals surface area contributed by atoms with Gasteiger partial charge in [0, 0.05) is 33.8 Å². The molecule has 0 bridgehead atoms. The van der Waals surface area contributed by atoms with Crippen molar-refractivity contribution in [3.05, 3.63) is 218 Å². The van der Waals surface area contributed by atoms with Crippen molar-refractivity contribution in [1.82, 2.24) is 0 Å². The average Bonchev–Trinajstić information content (AvgIpc) is 3.22. The summed E-state index contributed by atoms with van der Waals surface area (Å²) in [5, 5.41) is 4.94. The average molecular weight is 665 g/mol. The second kappa shape index (κ2) is 13.8. The molecule has 0 aliphatic rings. The monoisotopic (exact) mass is 664 g/mol. The van der Waals surface area contributed by atoms with Crippen LogP contribution in [-0.4, -0.2) is 0 Å². The Kier molecular flexibility index (Phi) is 8.24. The van der Waals surface area contributed by atoms with E-state index >= 15 is 0 Å². The second-order valence-electron chi connectivity index (χ2n) is 13.0. The lowest BCUT2D eigenvalue weighted by Gasteiger charge is -2.27. The van der Waals surface area contributed by atoms with E-state index in [1.807, 2.05) is 0 Å². The number of para-hydroxylation sites is 3. The van der Waals surface area contributed by atoms with Gasteiger partial charge in [-0.25, -0.2) is 0 Å². The Hall–Kier alpha value is -6.90. The van der Waals surface area contributed by atoms with Crippen molar-refractivity contribution in [2.45, 2.75) is 0 Å². The summed E-state index contributed by atoms with van der Waals surface area (Å²) in [5.74, 6) is 0. The van der Waals surface area contributed by atoms with Crippen LogP contribution in [0.2, 0.25) is 0 Å². The number of hydrogen-bond acceptors (Lipinski definition) is 2. The minimum atomic E-state index is 1.10. The van der Waals surface area contributed by atoms with Gasteiger partial charge in [-0.2, -0.15) is 0 Å². The summed E-state index contributed by atoms with van der Waals surface area (Å²) in [5.41, 5.74) is 11.6. The largest absolute Gasteiger partial charge is 0.311 e. The van der Waals surface area contributed by atoms with Gasteiger partial charge in [0.1, 0.15) is 0 Å².